The normalized spacial score (nSPS) is 13.1. The molecule has 4 aromatic rings. The number of carbonyl (C=O) groups excluding carboxylic acids is 8. The van der Waals surface area contributed by atoms with Gasteiger partial charge in [0.25, 0.3) is 5.91 Å². The number of benzene rings is 4. The van der Waals surface area contributed by atoms with E-state index in [2.05, 4.69) is 45.9 Å². The maximum Gasteiger partial charge on any atom is 0.410 e. The molecule has 5 rings (SSSR count). The van der Waals surface area contributed by atoms with Crippen LogP contribution in [-0.4, -0.2) is 131 Å². The minimum Gasteiger partial charge on any atom is -0.449 e. The predicted octanol–water partition coefficient (Wildman–Crippen LogP) is 9.81. The first-order chi connectivity index (χ1) is 40.8. The fourth-order valence-electron chi connectivity index (χ4n) is 9.06. The van der Waals surface area contributed by atoms with Crippen molar-refractivity contribution in [2.45, 2.75) is 151 Å². The number of hydrazine groups is 1. The van der Waals surface area contributed by atoms with Crippen LogP contribution in [0.1, 0.15) is 138 Å². The van der Waals surface area contributed by atoms with E-state index in [9.17, 15) is 43.6 Å². The number of nitrogens with two attached hydrogens (primary N) is 1. The van der Waals surface area contributed by atoms with Gasteiger partial charge in [-0.25, -0.2) is 14.4 Å². The lowest BCUT2D eigenvalue weighted by molar-refractivity contribution is -0.140. The number of amides is 9. The number of urea groups is 1. The summed E-state index contributed by atoms with van der Waals surface area (Å²) >= 11 is 0.888. The number of nitrogens with one attached hydrogen (secondary N) is 6. The molecule has 0 spiro atoms. The van der Waals surface area contributed by atoms with Crippen molar-refractivity contribution in [3.05, 3.63) is 137 Å². The van der Waals surface area contributed by atoms with E-state index in [-0.39, 0.29) is 42.9 Å². The van der Waals surface area contributed by atoms with Crippen molar-refractivity contribution in [3.8, 4) is 11.1 Å². The van der Waals surface area contributed by atoms with Crippen molar-refractivity contribution in [2.75, 3.05) is 45.7 Å². The zero-order chi connectivity index (χ0) is 65.4. The van der Waals surface area contributed by atoms with Crippen LogP contribution in [-0.2, 0) is 44.6 Å². The van der Waals surface area contributed by atoms with Crippen molar-refractivity contribution >= 4 is 65.4 Å². The summed E-state index contributed by atoms with van der Waals surface area (Å²) in [6, 6.07) is 28.5. The maximum atomic E-state index is 14.4. The highest BCUT2D eigenvalue weighted by molar-refractivity contribution is 7.96. The van der Waals surface area contributed by atoms with Gasteiger partial charge in [-0.05, 0) is 107 Å². The van der Waals surface area contributed by atoms with Crippen LogP contribution in [0.4, 0.5) is 20.1 Å². The molecule has 0 saturated carbocycles. The second-order valence-electron chi connectivity index (χ2n) is 24.1. The number of rotatable bonds is 23. The summed E-state index contributed by atoms with van der Waals surface area (Å²) in [5.41, 5.74) is 11.1. The average molecular weight is 1220 g/mol. The zero-order valence-electron chi connectivity index (χ0n) is 53.6. The van der Waals surface area contributed by atoms with Crippen LogP contribution in [0.3, 0.4) is 0 Å². The number of carbonyl (C=O) groups is 8. The molecule has 0 fully saturated rings. The van der Waals surface area contributed by atoms with E-state index in [1.165, 1.54) is 36.3 Å². The average Bonchev–Trinajstić information content (AvgIpc) is 2.45. The summed E-state index contributed by atoms with van der Waals surface area (Å²) in [5.74, 6) is -2.88. The quantitative estimate of drug-likeness (QED) is 0.0195. The van der Waals surface area contributed by atoms with Gasteiger partial charge in [0.05, 0.1) is 6.54 Å². The molecule has 1 aliphatic rings. The summed E-state index contributed by atoms with van der Waals surface area (Å²) in [5, 5.41) is 23.9. The number of hydrogen-bond donors (Lipinski definition) is 8. The highest BCUT2D eigenvalue weighted by Crippen LogP contribution is 2.44. The molecule has 0 bridgehead atoms. The van der Waals surface area contributed by atoms with Gasteiger partial charge in [-0.3, -0.25) is 39.5 Å². The lowest BCUT2D eigenvalue weighted by Gasteiger charge is -2.42. The number of primary amides is 1. The highest BCUT2D eigenvalue weighted by Gasteiger charge is 2.45. The predicted molar refractivity (Wildman–Crippen MR) is 342 cm³/mol. The van der Waals surface area contributed by atoms with Crippen LogP contribution < -0.4 is 37.7 Å². The molecule has 0 heterocycles. The molecule has 0 aromatic heterocycles. The molecule has 0 aliphatic heterocycles. The summed E-state index contributed by atoms with van der Waals surface area (Å²) in [4.78, 5) is 107. The number of anilines is 1. The van der Waals surface area contributed by atoms with Crippen molar-refractivity contribution in [1.29, 1.82) is 0 Å². The first kappa shape index (κ1) is 73.3. The zero-order valence-corrected chi connectivity index (χ0v) is 54.4. The Bertz CT molecular complexity index is 2920. The Labute approximate surface area is 518 Å². The third-order valence-corrected chi connectivity index (χ3v) is 14.4. The van der Waals surface area contributed by atoms with Gasteiger partial charge < -0.3 is 46.7 Å². The van der Waals surface area contributed by atoms with Crippen LogP contribution in [0.5, 0.6) is 0 Å². The SMILES string of the molecule is CC(=CCN(C)C(=O)C(NC(=O)C(N(C)C(=O)OC(C)(C)C)C(C)(C)c1ccccc1)C(C)(C)C)C(=O)NN(O)SCc1ccc(NC(=O)CNC(=O)C(NC(=O)OCC2c3ccccc3-c3ccccc32)C(C)C)cc1.CCC.CCCNC(N)=O. The van der Waals surface area contributed by atoms with Crippen LogP contribution in [0, 0.1) is 11.3 Å². The topological polar surface area (TPSA) is 283 Å². The van der Waals surface area contributed by atoms with Crippen LogP contribution >= 0.6 is 11.9 Å². The first-order valence-corrected chi connectivity index (χ1v) is 30.2. The smallest absolute Gasteiger partial charge is 0.410 e. The molecule has 3 unspecified atom stereocenters. The molecule has 22 heteroatoms. The molecule has 3 atom stereocenters. The second kappa shape index (κ2) is 34.4. The standard InChI is InChI=1S/C58H76N8O10S.C4H10N2O.C3H8/c1-36(2)47(61-54(72)75-34-45-43-25-19-17-23-41(43)42-24-18-20-26-44(42)45)51(69)59-33-46(67)60-40-29-27-38(28-30-40)35-77-66(74)63-50(68)37(3)31-32-64(12)53(71)48(56(4,5)6)62-52(70)49(65(13)55(73)76-57(7,8)9)58(10,11)39-21-15-14-16-22-39;1-2-3-6-4(5)7;1-3-2/h14-31,36,45,47-49,74H,32-35H2,1-13H3,(H,59,69)(H,60,67)(H,61,72)(H,62,70)(H,63,68);2-3H2,1H3,(H3,5,6,7);3H2,1-2H3. The Hall–Kier alpha value is -7.95. The molecule has 0 radical (unpaired) electrons. The molecule has 9 N–H and O–H groups in total. The summed E-state index contributed by atoms with van der Waals surface area (Å²) in [7, 11) is 3.05. The Morgan fingerprint density at radius 1 is 0.747 bits per heavy atom. The van der Waals surface area contributed by atoms with Gasteiger partial charge in [0.2, 0.25) is 23.6 Å². The number of alkyl carbamates (subject to hydrolysis) is 1. The van der Waals surface area contributed by atoms with Crippen LogP contribution in [0.15, 0.2) is 115 Å². The first-order valence-electron chi connectivity index (χ1n) is 29.2. The minimum atomic E-state index is -1.09. The summed E-state index contributed by atoms with van der Waals surface area (Å²) in [6.07, 6.45) is 2.27. The lowest BCUT2D eigenvalue weighted by Crippen LogP contribution is -2.62. The molecule has 87 heavy (non-hydrogen) atoms. The molecular weight excluding hydrogens is 1130 g/mol. The summed E-state index contributed by atoms with van der Waals surface area (Å²) < 4.78 is 11.9. The Balaban J connectivity index is 0.00000182. The van der Waals surface area contributed by atoms with E-state index in [4.69, 9.17) is 15.2 Å². The Kier molecular flexibility index (Phi) is 29.0. The lowest BCUT2D eigenvalue weighted by atomic mass is 9.76. The fourth-order valence-corrected chi connectivity index (χ4v) is 9.67. The van der Waals surface area contributed by atoms with Gasteiger partial charge in [-0.2, -0.15) is 0 Å². The number of ether oxygens (including phenoxy) is 2. The Morgan fingerprint density at radius 3 is 1.80 bits per heavy atom. The molecule has 0 saturated heterocycles. The maximum absolute atomic E-state index is 14.4. The van der Waals surface area contributed by atoms with E-state index in [1.807, 2.05) is 120 Å². The van der Waals surface area contributed by atoms with Crippen molar-refractivity contribution in [2.24, 2.45) is 17.1 Å². The van der Waals surface area contributed by atoms with E-state index in [1.54, 1.807) is 65.9 Å². The van der Waals surface area contributed by atoms with Gasteiger partial charge in [0, 0.05) is 55.5 Å². The van der Waals surface area contributed by atoms with Crippen molar-refractivity contribution in [3.63, 3.8) is 0 Å². The van der Waals surface area contributed by atoms with Gasteiger partial charge in [-0.1, -0.05) is 173 Å². The molecule has 4 aromatic carbocycles. The largest absolute Gasteiger partial charge is 0.449 e. The molecule has 9 amide bonds. The molecular formula is C65H94N10O11S. The molecule has 1 aliphatic carbocycles. The third kappa shape index (κ3) is 23.3. The molecule has 21 nitrogen and oxygen atoms in total. The third-order valence-electron chi connectivity index (χ3n) is 13.7. The van der Waals surface area contributed by atoms with E-state index >= 15 is 0 Å². The van der Waals surface area contributed by atoms with Crippen LogP contribution in [0.25, 0.3) is 11.1 Å². The highest BCUT2D eigenvalue weighted by atomic mass is 32.2. The van der Waals surface area contributed by atoms with E-state index in [0.29, 0.717) is 16.8 Å². The Morgan fingerprint density at radius 2 is 1.30 bits per heavy atom. The van der Waals surface area contributed by atoms with Gasteiger partial charge in [-0.15, -0.1) is 0 Å². The van der Waals surface area contributed by atoms with Gasteiger partial charge in [0.1, 0.15) is 30.3 Å². The fraction of sp³-hybridized carbons (Fsp3) is 0.477. The van der Waals surface area contributed by atoms with E-state index in [0.717, 1.165) is 51.7 Å². The minimum absolute atomic E-state index is 0.00948. The number of likely N-dealkylation sites (N-methyl/N-ethyl adjacent to an activating group) is 2. The molecule has 476 valence electrons. The number of fused-ring (bicyclic) bond motifs is 3. The van der Waals surface area contributed by atoms with Gasteiger partial charge in [0.15, 0.2) is 0 Å². The van der Waals surface area contributed by atoms with E-state index < -0.39 is 82.3 Å². The van der Waals surface area contributed by atoms with Gasteiger partial charge >= 0.3 is 18.2 Å². The van der Waals surface area contributed by atoms with Crippen molar-refractivity contribution < 1.29 is 53.0 Å². The summed E-state index contributed by atoms with van der Waals surface area (Å²) in [6.45, 7) is 26.1. The number of hydrogen-bond acceptors (Lipinski definition) is 13. The van der Waals surface area contributed by atoms with Crippen LogP contribution in [0.2, 0.25) is 0 Å². The second-order valence-corrected chi connectivity index (χ2v) is 25.0. The number of nitrogens with zero attached hydrogens (tertiary/aromatic N) is 3. The van der Waals surface area contributed by atoms with Crippen molar-refractivity contribution in [1.82, 2.24) is 41.1 Å². The monoisotopic (exact) mass is 1220 g/mol.